The van der Waals surface area contributed by atoms with E-state index < -0.39 is 5.91 Å². The van der Waals surface area contributed by atoms with Crippen LogP contribution in [0.15, 0.2) is 66.7 Å². The van der Waals surface area contributed by atoms with Gasteiger partial charge in [0.25, 0.3) is 5.91 Å². The van der Waals surface area contributed by atoms with Crippen molar-refractivity contribution in [2.24, 2.45) is 5.73 Å². The number of nitrogens with zero attached hydrogens (tertiary/aromatic N) is 1. The molecule has 0 saturated heterocycles. The number of fused-ring (bicyclic) bond motifs is 1. The van der Waals surface area contributed by atoms with Crippen LogP contribution in [0.3, 0.4) is 0 Å². The number of rotatable bonds is 12. The molecule has 9 nitrogen and oxygen atoms in total. The lowest BCUT2D eigenvalue weighted by Gasteiger charge is -2.08. The molecule has 0 unspecified atom stereocenters. The molecule has 4 rings (SSSR count). The lowest BCUT2D eigenvalue weighted by atomic mass is 10.1. The highest BCUT2D eigenvalue weighted by atomic mass is 16.2. The van der Waals surface area contributed by atoms with Crippen molar-refractivity contribution in [1.82, 2.24) is 9.97 Å². The largest absolute Gasteiger partial charge is 0.397 e. The summed E-state index contributed by atoms with van der Waals surface area (Å²) in [7, 11) is 0. The van der Waals surface area contributed by atoms with Crippen molar-refractivity contribution in [2.45, 2.75) is 44.9 Å². The van der Waals surface area contributed by atoms with E-state index in [1.54, 1.807) is 24.3 Å². The molecule has 0 radical (unpaired) electrons. The van der Waals surface area contributed by atoms with E-state index in [0.717, 1.165) is 43.2 Å². The zero-order chi connectivity index (χ0) is 26.9. The number of imidazole rings is 1. The van der Waals surface area contributed by atoms with Crippen LogP contribution in [0.2, 0.25) is 0 Å². The molecular weight excluding hydrogens is 480 g/mol. The first-order valence-electron chi connectivity index (χ1n) is 12.7. The Bertz CT molecular complexity index is 1430. The number of anilines is 3. The Morgan fingerprint density at radius 1 is 0.763 bits per heavy atom. The van der Waals surface area contributed by atoms with Crippen molar-refractivity contribution in [3.05, 3.63) is 72.3 Å². The molecule has 1 aromatic heterocycles. The fourth-order valence-corrected chi connectivity index (χ4v) is 4.23. The van der Waals surface area contributed by atoms with E-state index in [-0.39, 0.29) is 11.8 Å². The molecule has 0 aliphatic heterocycles. The Morgan fingerprint density at radius 2 is 1.42 bits per heavy atom. The number of H-pyrrole nitrogens is 1. The highest BCUT2D eigenvalue weighted by Crippen LogP contribution is 2.24. The fraction of sp³-hybridized carbons (Fsp3) is 0.241. The van der Waals surface area contributed by atoms with Gasteiger partial charge in [0.15, 0.2) is 0 Å². The molecule has 38 heavy (non-hydrogen) atoms. The summed E-state index contributed by atoms with van der Waals surface area (Å²) in [6.07, 6.45) is 5.31. The van der Waals surface area contributed by atoms with Gasteiger partial charge in [0, 0.05) is 24.1 Å². The van der Waals surface area contributed by atoms with Gasteiger partial charge in [-0.3, -0.25) is 14.4 Å². The Balaban J connectivity index is 1.14. The number of nitrogens with one attached hydrogen (secondary N) is 3. The summed E-state index contributed by atoms with van der Waals surface area (Å²) in [6, 6.07) is 19.8. The number of carbonyl (C=O) groups excluding carboxylic acids is 3. The van der Waals surface area contributed by atoms with Crippen LogP contribution in [-0.4, -0.2) is 27.7 Å². The SMILES string of the molecule is NC(=O)c1cccc2[nH]c(-c3ccc(NC(=O)CCCCCCCC(=O)Nc4ccccc4N)cc3)nc12. The van der Waals surface area contributed by atoms with Crippen molar-refractivity contribution >= 4 is 45.8 Å². The number of benzene rings is 3. The molecule has 3 aromatic carbocycles. The molecule has 1 heterocycles. The second-order valence-corrected chi connectivity index (χ2v) is 9.18. The maximum Gasteiger partial charge on any atom is 0.250 e. The number of primary amides is 1. The second-order valence-electron chi connectivity index (χ2n) is 9.18. The van der Waals surface area contributed by atoms with Crippen LogP contribution >= 0.6 is 0 Å². The van der Waals surface area contributed by atoms with E-state index in [1.165, 1.54) is 0 Å². The van der Waals surface area contributed by atoms with Crippen LogP contribution in [-0.2, 0) is 9.59 Å². The van der Waals surface area contributed by atoms with E-state index in [9.17, 15) is 14.4 Å². The number of unbranched alkanes of at least 4 members (excludes halogenated alkanes) is 4. The predicted molar refractivity (Wildman–Crippen MR) is 150 cm³/mol. The molecule has 0 bridgehead atoms. The molecule has 0 fully saturated rings. The smallest absolute Gasteiger partial charge is 0.250 e. The summed E-state index contributed by atoms with van der Waals surface area (Å²) in [5.41, 5.74) is 15.7. The average Bonchev–Trinajstić information content (AvgIpc) is 3.34. The zero-order valence-electron chi connectivity index (χ0n) is 21.1. The number of hydrogen-bond acceptors (Lipinski definition) is 5. The van der Waals surface area contributed by atoms with E-state index >= 15 is 0 Å². The second kappa shape index (κ2) is 12.5. The van der Waals surface area contributed by atoms with Crippen LogP contribution in [0.5, 0.6) is 0 Å². The molecule has 0 spiro atoms. The summed E-state index contributed by atoms with van der Waals surface area (Å²) >= 11 is 0. The molecule has 0 saturated carbocycles. The summed E-state index contributed by atoms with van der Waals surface area (Å²) in [6.45, 7) is 0. The molecule has 196 valence electrons. The van der Waals surface area contributed by atoms with Gasteiger partial charge in [-0.15, -0.1) is 0 Å². The topological polar surface area (TPSA) is 156 Å². The Morgan fingerprint density at radius 3 is 2.11 bits per heavy atom. The minimum atomic E-state index is -0.524. The molecule has 4 aromatic rings. The van der Waals surface area contributed by atoms with Crippen molar-refractivity contribution in [1.29, 1.82) is 0 Å². The van der Waals surface area contributed by atoms with E-state index in [4.69, 9.17) is 11.5 Å². The number of nitrogens with two attached hydrogens (primary N) is 2. The first-order chi connectivity index (χ1) is 18.4. The van der Waals surface area contributed by atoms with Gasteiger partial charge < -0.3 is 27.1 Å². The van der Waals surface area contributed by atoms with E-state index in [2.05, 4.69) is 20.6 Å². The lowest BCUT2D eigenvalue weighted by Crippen LogP contribution is -2.12. The Hall–Kier alpha value is -4.66. The first-order valence-corrected chi connectivity index (χ1v) is 12.7. The minimum absolute atomic E-state index is 0.0348. The van der Waals surface area contributed by atoms with Gasteiger partial charge in [-0.2, -0.15) is 0 Å². The van der Waals surface area contributed by atoms with Crippen molar-refractivity contribution in [3.63, 3.8) is 0 Å². The molecule has 7 N–H and O–H groups in total. The third-order valence-corrected chi connectivity index (χ3v) is 6.26. The summed E-state index contributed by atoms with van der Waals surface area (Å²) in [5, 5.41) is 5.76. The normalized spacial score (nSPS) is 10.8. The maximum absolute atomic E-state index is 12.3. The van der Waals surface area contributed by atoms with Gasteiger partial charge in [-0.25, -0.2) is 4.98 Å². The molecule has 3 amide bonds. The highest BCUT2D eigenvalue weighted by Gasteiger charge is 2.12. The van der Waals surface area contributed by atoms with Gasteiger partial charge in [-0.1, -0.05) is 37.5 Å². The molecule has 9 heteroatoms. The van der Waals surface area contributed by atoms with Crippen LogP contribution in [0.4, 0.5) is 17.1 Å². The van der Waals surface area contributed by atoms with Crippen molar-refractivity contribution in [3.8, 4) is 11.4 Å². The van der Waals surface area contributed by atoms with Crippen LogP contribution in [0, 0.1) is 0 Å². The quantitative estimate of drug-likeness (QED) is 0.130. The van der Waals surface area contributed by atoms with Gasteiger partial charge in [0.1, 0.15) is 11.3 Å². The van der Waals surface area contributed by atoms with Crippen LogP contribution in [0.25, 0.3) is 22.4 Å². The summed E-state index contributed by atoms with van der Waals surface area (Å²) < 4.78 is 0. The maximum atomic E-state index is 12.3. The Kier molecular flexibility index (Phi) is 8.71. The number of amides is 3. The van der Waals surface area contributed by atoms with Gasteiger partial charge in [-0.05, 0) is 61.4 Å². The predicted octanol–water partition coefficient (Wildman–Crippen LogP) is 5.22. The number of hydrogen-bond donors (Lipinski definition) is 5. The summed E-state index contributed by atoms with van der Waals surface area (Å²) in [4.78, 5) is 43.8. The molecule has 0 atom stereocenters. The van der Waals surface area contributed by atoms with E-state index in [0.29, 0.717) is 46.8 Å². The van der Waals surface area contributed by atoms with Crippen molar-refractivity contribution < 1.29 is 14.4 Å². The highest BCUT2D eigenvalue weighted by molar-refractivity contribution is 6.04. The standard InChI is InChI=1S/C29H32N6O3/c30-22-10-6-7-11-23(22)33-26(37)14-5-3-1-2-4-13-25(36)32-20-17-15-19(16-18-20)29-34-24-12-8-9-21(28(31)38)27(24)35-29/h6-12,15-18H,1-5,13-14,30H2,(H2,31,38)(H,32,36)(H,33,37)(H,34,35). The zero-order valence-corrected chi connectivity index (χ0v) is 21.1. The van der Waals surface area contributed by atoms with Gasteiger partial charge >= 0.3 is 0 Å². The van der Waals surface area contributed by atoms with Gasteiger partial charge in [0.05, 0.1) is 22.5 Å². The van der Waals surface area contributed by atoms with E-state index in [1.807, 2.05) is 42.5 Å². The van der Waals surface area contributed by atoms with Crippen LogP contribution < -0.4 is 22.1 Å². The number of para-hydroxylation sites is 3. The summed E-state index contributed by atoms with van der Waals surface area (Å²) in [5.74, 6) is 0.0219. The number of nitrogen functional groups attached to an aromatic ring is 1. The average molecular weight is 513 g/mol. The molecule has 0 aliphatic rings. The van der Waals surface area contributed by atoms with Crippen LogP contribution in [0.1, 0.15) is 55.3 Å². The monoisotopic (exact) mass is 512 g/mol. The third-order valence-electron chi connectivity index (χ3n) is 6.26. The minimum Gasteiger partial charge on any atom is -0.397 e. The first kappa shape index (κ1) is 26.4. The third kappa shape index (κ3) is 6.97. The molecular formula is C29H32N6O3. The van der Waals surface area contributed by atoms with Crippen molar-refractivity contribution in [2.75, 3.05) is 16.4 Å². The number of aromatic nitrogens is 2. The fourth-order valence-electron chi connectivity index (χ4n) is 4.23. The lowest BCUT2D eigenvalue weighted by molar-refractivity contribution is -0.117. The Labute approximate surface area is 221 Å². The van der Waals surface area contributed by atoms with Gasteiger partial charge in [0.2, 0.25) is 11.8 Å². The number of carbonyl (C=O) groups is 3. The molecule has 0 aliphatic carbocycles. The number of aromatic amines is 1.